The minimum absolute atomic E-state index is 0.0910. The summed E-state index contributed by atoms with van der Waals surface area (Å²) in [5, 5.41) is 8.72. The highest BCUT2D eigenvalue weighted by atomic mass is 35.5. The molecule has 3 aromatic rings. The number of aromatic nitrogens is 2. The van der Waals surface area contributed by atoms with E-state index in [1.165, 1.54) is 6.26 Å². The minimum atomic E-state index is 0.0910. The van der Waals surface area contributed by atoms with Gasteiger partial charge in [-0.05, 0) is 24.3 Å². The molecule has 0 fully saturated rings. The van der Waals surface area contributed by atoms with Crippen LogP contribution in [0.15, 0.2) is 45.4 Å². The topological polar surface area (TPSA) is 61.3 Å². The Bertz CT molecular complexity index is 710. The van der Waals surface area contributed by atoms with Crippen LogP contribution in [-0.2, 0) is 6.61 Å². The number of ether oxygens (including phenoxy) is 1. The maximum Gasteiger partial charge on any atom is 0.283 e. The van der Waals surface area contributed by atoms with Gasteiger partial charge in [0, 0.05) is 11.1 Å². The van der Waals surface area contributed by atoms with E-state index in [0.29, 0.717) is 33.3 Å². The van der Waals surface area contributed by atoms with Crippen LogP contribution in [0.3, 0.4) is 0 Å². The van der Waals surface area contributed by atoms with Crippen molar-refractivity contribution in [3.63, 3.8) is 0 Å². The second-order valence-corrected chi connectivity index (χ2v) is 4.69. The van der Waals surface area contributed by atoms with Crippen LogP contribution in [0.1, 0.15) is 5.89 Å². The molecule has 102 valence electrons. The summed E-state index contributed by atoms with van der Waals surface area (Å²) in [6.07, 6.45) is 1.53. The molecule has 0 aliphatic carbocycles. The molecule has 0 radical (unpaired) electrons. The molecule has 0 bridgehead atoms. The van der Waals surface area contributed by atoms with Gasteiger partial charge >= 0.3 is 0 Å². The molecular formula is C13H8Cl2N2O3. The third-order valence-corrected chi connectivity index (χ3v) is 2.99. The summed E-state index contributed by atoms with van der Waals surface area (Å²) in [6.45, 7) is 0.0910. The van der Waals surface area contributed by atoms with Crippen LogP contribution >= 0.6 is 23.2 Å². The van der Waals surface area contributed by atoms with Gasteiger partial charge in [0.2, 0.25) is 0 Å². The Balaban J connectivity index is 1.71. The van der Waals surface area contributed by atoms with E-state index < -0.39 is 0 Å². The van der Waals surface area contributed by atoms with E-state index in [-0.39, 0.29) is 6.61 Å². The number of furan rings is 1. The van der Waals surface area contributed by atoms with E-state index in [0.717, 1.165) is 0 Å². The van der Waals surface area contributed by atoms with E-state index in [9.17, 15) is 0 Å². The van der Waals surface area contributed by atoms with Crippen LogP contribution < -0.4 is 4.74 Å². The molecule has 0 aliphatic rings. The van der Waals surface area contributed by atoms with Crippen molar-refractivity contribution in [1.29, 1.82) is 0 Å². The molecule has 7 heteroatoms. The number of hydrogen-bond acceptors (Lipinski definition) is 5. The van der Waals surface area contributed by atoms with Gasteiger partial charge in [0.15, 0.2) is 12.4 Å². The molecule has 0 amide bonds. The molecule has 0 aliphatic heterocycles. The first kappa shape index (κ1) is 13.0. The molecule has 2 aromatic heterocycles. The smallest absolute Gasteiger partial charge is 0.283 e. The van der Waals surface area contributed by atoms with Crippen molar-refractivity contribution in [3.05, 3.63) is 52.5 Å². The molecule has 0 unspecified atom stereocenters. The van der Waals surface area contributed by atoms with Crippen molar-refractivity contribution >= 4 is 23.2 Å². The van der Waals surface area contributed by atoms with Gasteiger partial charge in [-0.3, -0.25) is 0 Å². The quantitative estimate of drug-likeness (QED) is 0.722. The predicted octanol–water partition coefficient (Wildman–Crippen LogP) is 4.22. The largest absolute Gasteiger partial charge is 0.482 e. The fourth-order valence-electron chi connectivity index (χ4n) is 1.54. The zero-order valence-corrected chi connectivity index (χ0v) is 11.6. The molecule has 0 N–H and O–H groups in total. The Morgan fingerprint density at radius 2 is 2.05 bits per heavy atom. The van der Waals surface area contributed by atoms with Gasteiger partial charge in [0.25, 0.3) is 11.8 Å². The summed E-state index contributed by atoms with van der Waals surface area (Å²) in [4.78, 5) is 0. The summed E-state index contributed by atoms with van der Waals surface area (Å²) in [7, 11) is 0. The van der Waals surface area contributed by atoms with Gasteiger partial charge in [-0.15, -0.1) is 10.2 Å². The molecule has 3 rings (SSSR count). The lowest BCUT2D eigenvalue weighted by Gasteiger charge is -2.05. The SMILES string of the molecule is Clc1ccc(Cl)c(OCc2nnc(-c3ccco3)o2)c1. The van der Waals surface area contributed by atoms with Gasteiger partial charge < -0.3 is 13.6 Å². The van der Waals surface area contributed by atoms with Crippen LogP contribution in [0.25, 0.3) is 11.7 Å². The molecule has 0 saturated carbocycles. The Hall–Kier alpha value is -1.98. The van der Waals surface area contributed by atoms with Gasteiger partial charge in [-0.25, -0.2) is 0 Å². The van der Waals surface area contributed by atoms with Crippen LogP contribution in [-0.4, -0.2) is 10.2 Å². The standard InChI is InChI=1S/C13H8Cl2N2O3/c14-8-3-4-9(15)11(6-8)19-7-12-16-17-13(20-12)10-2-1-5-18-10/h1-6H,7H2. The molecule has 0 saturated heterocycles. The first-order valence-corrected chi connectivity index (χ1v) is 6.42. The van der Waals surface area contributed by atoms with Crippen LogP contribution in [0, 0.1) is 0 Å². The van der Waals surface area contributed by atoms with Crippen molar-refractivity contribution in [2.24, 2.45) is 0 Å². The monoisotopic (exact) mass is 310 g/mol. The Morgan fingerprint density at radius 1 is 1.15 bits per heavy atom. The number of hydrogen-bond donors (Lipinski definition) is 0. The van der Waals surface area contributed by atoms with Crippen molar-refractivity contribution in [3.8, 4) is 17.4 Å². The predicted molar refractivity (Wildman–Crippen MR) is 72.8 cm³/mol. The molecular weight excluding hydrogens is 303 g/mol. The maximum atomic E-state index is 5.98. The number of rotatable bonds is 4. The van der Waals surface area contributed by atoms with Gasteiger partial charge in [-0.2, -0.15) is 0 Å². The highest BCUT2D eigenvalue weighted by Gasteiger charge is 2.12. The fourth-order valence-corrected chi connectivity index (χ4v) is 1.87. The maximum absolute atomic E-state index is 5.98. The van der Waals surface area contributed by atoms with Gasteiger partial charge in [0.1, 0.15) is 5.75 Å². The Kier molecular flexibility index (Phi) is 3.62. The van der Waals surface area contributed by atoms with E-state index in [2.05, 4.69) is 10.2 Å². The fraction of sp³-hybridized carbons (Fsp3) is 0.0769. The van der Waals surface area contributed by atoms with E-state index in [1.807, 2.05) is 0 Å². The number of halogens is 2. The molecule has 5 nitrogen and oxygen atoms in total. The van der Waals surface area contributed by atoms with Gasteiger partial charge in [0.05, 0.1) is 11.3 Å². The van der Waals surface area contributed by atoms with Crippen molar-refractivity contribution in [1.82, 2.24) is 10.2 Å². The second kappa shape index (κ2) is 5.56. The molecule has 0 atom stereocenters. The molecule has 20 heavy (non-hydrogen) atoms. The summed E-state index contributed by atoms with van der Waals surface area (Å²) in [5.74, 6) is 1.57. The molecule has 1 aromatic carbocycles. The lowest BCUT2D eigenvalue weighted by atomic mass is 10.3. The average molecular weight is 311 g/mol. The minimum Gasteiger partial charge on any atom is -0.482 e. The zero-order valence-electron chi connectivity index (χ0n) is 10.0. The van der Waals surface area contributed by atoms with Crippen LogP contribution in [0.2, 0.25) is 10.0 Å². The first-order chi connectivity index (χ1) is 9.72. The number of nitrogens with zero attached hydrogens (tertiary/aromatic N) is 2. The molecule has 0 spiro atoms. The highest BCUT2D eigenvalue weighted by Crippen LogP contribution is 2.28. The van der Waals surface area contributed by atoms with Gasteiger partial charge in [-0.1, -0.05) is 23.2 Å². The van der Waals surface area contributed by atoms with Crippen molar-refractivity contribution in [2.75, 3.05) is 0 Å². The first-order valence-electron chi connectivity index (χ1n) is 5.66. The lowest BCUT2D eigenvalue weighted by Crippen LogP contribution is -1.96. The van der Waals surface area contributed by atoms with E-state index in [1.54, 1.807) is 30.3 Å². The van der Waals surface area contributed by atoms with Crippen molar-refractivity contribution in [2.45, 2.75) is 6.61 Å². The van der Waals surface area contributed by atoms with Crippen molar-refractivity contribution < 1.29 is 13.6 Å². The Morgan fingerprint density at radius 3 is 2.85 bits per heavy atom. The second-order valence-electron chi connectivity index (χ2n) is 3.84. The summed E-state index contributed by atoms with van der Waals surface area (Å²) >= 11 is 11.9. The van der Waals surface area contributed by atoms with E-state index in [4.69, 9.17) is 36.8 Å². The Labute approximate surface area is 124 Å². The lowest BCUT2D eigenvalue weighted by molar-refractivity contribution is 0.264. The van der Waals surface area contributed by atoms with E-state index >= 15 is 0 Å². The summed E-state index contributed by atoms with van der Waals surface area (Å²) in [6, 6.07) is 8.42. The average Bonchev–Trinajstić information content (AvgIpc) is 3.09. The zero-order chi connectivity index (χ0) is 13.9. The van der Waals surface area contributed by atoms with Crippen LogP contribution in [0.5, 0.6) is 5.75 Å². The van der Waals surface area contributed by atoms with Crippen LogP contribution in [0.4, 0.5) is 0 Å². The summed E-state index contributed by atoms with van der Waals surface area (Å²) < 4.78 is 16.0. The number of benzene rings is 1. The molecule has 2 heterocycles. The summed E-state index contributed by atoms with van der Waals surface area (Å²) in [5.41, 5.74) is 0. The third-order valence-electron chi connectivity index (χ3n) is 2.44. The third kappa shape index (κ3) is 2.79. The normalized spacial score (nSPS) is 10.7. The highest BCUT2D eigenvalue weighted by molar-refractivity contribution is 6.34.